The van der Waals surface area contributed by atoms with Crippen LogP contribution in [-0.4, -0.2) is 46.0 Å². The van der Waals surface area contributed by atoms with Crippen LogP contribution in [0, 0.1) is 6.92 Å². The number of hydrogen-bond donors (Lipinski definition) is 3. The molecule has 0 aliphatic rings. The van der Waals surface area contributed by atoms with Gasteiger partial charge in [-0.15, -0.1) is 15.3 Å². The van der Waals surface area contributed by atoms with Gasteiger partial charge in [-0.1, -0.05) is 6.07 Å². The van der Waals surface area contributed by atoms with E-state index in [-0.39, 0.29) is 38.8 Å². The Kier molecular flexibility index (Phi) is 8.13. The minimum atomic E-state index is -4.84. The highest BCUT2D eigenvalue weighted by molar-refractivity contribution is 7.86. The molecule has 0 spiro atoms. The predicted octanol–water partition coefficient (Wildman–Crippen LogP) is 5.64. The zero-order chi connectivity index (χ0) is 31.0. The van der Waals surface area contributed by atoms with Crippen molar-refractivity contribution in [3.8, 4) is 5.75 Å². The van der Waals surface area contributed by atoms with Crippen molar-refractivity contribution in [1.82, 2.24) is 5.73 Å². The van der Waals surface area contributed by atoms with Crippen LogP contribution in [0.5, 0.6) is 5.75 Å². The molecule has 18 heteroatoms. The van der Waals surface area contributed by atoms with Crippen LogP contribution in [0.15, 0.2) is 95.8 Å². The largest absolute Gasteiger partial charge is 0.494 e. The van der Waals surface area contributed by atoms with Gasteiger partial charge in [-0.2, -0.15) is 30.4 Å². The number of benzene rings is 4. The maximum absolute atomic E-state index is 11.7. The zero-order valence-electron chi connectivity index (χ0n) is 21.5. The average molecular weight is 635 g/mol. The first-order chi connectivity index (χ1) is 19.5. The van der Waals surface area contributed by atoms with Crippen LogP contribution in [0.4, 0.5) is 28.4 Å². The first-order valence-electron chi connectivity index (χ1n) is 11.4. The lowest BCUT2D eigenvalue weighted by Gasteiger charge is -2.09. The van der Waals surface area contributed by atoms with E-state index in [1.165, 1.54) is 43.5 Å². The second kappa shape index (κ2) is 11.2. The van der Waals surface area contributed by atoms with Crippen LogP contribution in [0.25, 0.3) is 10.8 Å². The number of nitrogens with zero attached hydrogens (tertiary/aromatic N) is 4. The molecule has 0 saturated heterocycles. The van der Waals surface area contributed by atoms with Gasteiger partial charge in [0.05, 0.1) is 34.0 Å². The van der Waals surface area contributed by atoms with E-state index < -0.39 is 45.8 Å². The quantitative estimate of drug-likeness (QED) is 0.159. The van der Waals surface area contributed by atoms with Crippen LogP contribution >= 0.6 is 0 Å². The maximum Gasteiger partial charge on any atom is 0.296 e. The van der Waals surface area contributed by atoms with Crippen molar-refractivity contribution in [2.45, 2.75) is 21.6 Å². The average Bonchev–Trinajstić information content (AvgIpc) is 2.90. The second-order valence-electron chi connectivity index (χ2n) is 8.60. The van der Waals surface area contributed by atoms with E-state index in [2.05, 4.69) is 20.5 Å². The summed E-state index contributed by atoms with van der Waals surface area (Å²) in [5, 5.41) is 16.7. The standard InChI is InChI=1S/C24H20N5O10S3/c1-13-9-21(28-29-22-11-15(41(33,34)35)4-8-24(22)42(36,37)38)23(39-2)12-20(13)27-26-19-7-6-18(25)16-5-3-14(10-17(16)19)40(30,31)32/h3-12,25H,1-2H3,(H,30,31,32)(H,33,34,35)(H,36,37,38)/b27-26+,29-28+. The summed E-state index contributed by atoms with van der Waals surface area (Å²) in [4.78, 5) is -1.83. The van der Waals surface area contributed by atoms with Gasteiger partial charge in [0.25, 0.3) is 30.4 Å². The normalized spacial score (nSPS) is 12.9. The van der Waals surface area contributed by atoms with Crippen molar-refractivity contribution in [3.63, 3.8) is 0 Å². The van der Waals surface area contributed by atoms with Gasteiger partial charge >= 0.3 is 0 Å². The van der Waals surface area contributed by atoms with Gasteiger partial charge < -0.3 is 10.5 Å². The second-order valence-corrected chi connectivity index (χ2v) is 12.8. The highest BCUT2D eigenvalue weighted by Gasteiger charge is 2.20. The zero-order valence-corrected chi connectivity index (χ0v) is 23.9. The Labute approximate surface area is 239 Å². The van der Waals surface area contributed by atoms with Gasteiger partial charge in [-0.05, 0) is 61.0 Å². The molecule has 219 valence electrons. The van der Waals surface area contributed by atoms with Crippen LogP contribution in [0.2, 0.25) is 0 Å². The number of azo groups is 2. The highest BCUT2D eigenvalue weighted by Crippen LogP contribution is 2.39. The van der Waals surface area contributed by atoms with E-state index in [0.717, 1.165) is 18.2 Å². The summed E-state index contributed by atoms with van der Waals surface area (Å²) in [6.45, 7) is 1.62. The van der Waals surface area contributed by atoms with Crippen molar-refractivity contribution in [1.29, 1.82) is 0 Å². The Balaban J connectivity index is 1.76. The molecule has 0 fully saturated rings. The van der Waals surface area contributed by atoms with Gasteiger partial charge in [0.2, 0.25) is 0 Å². The third kappa shape index (κ3) is 6.59. The Bertz CT molecular complexity index is 2130. The van der Waals surface area contributed by atoms with E-state index in [0.29, 0.717) is 17.0 Å². The maximum atomic E-state index is 11.7. The van der Waals surface area contributed by atoms with Gasteiger partial charge in [-0.3, -0.25) is 13.7 Å². The van der Waals surface area contributed by atoms with Crippen molar-refractivity contribution >= 4 is 69.6 Å². The molecule has 4 aromatic rings. The molecule has 0 unspecified atom stereocenters. The summed E-state index contributed by atoms with van der Waals surface area (Å²) in [6.07, 6.45) is 0. The lowest BCUT2D eigenvalue weighted by molar-refractivity contribution is 0.416. The third-order valence-electron chi connectivity index (χ3n) is 5.80. The molecule has 0 atom stereocenters. The van der Waals surface area contributed by atoms with E-state index in [1.54, 1.807) is 6.92 Å². The fourth-order valence-electron chi connectivity index (χ4n) is 3.74. The van der Waals surface area contributed by atoms with Crippen LogP contribution in [0.1, 0.15) is 5.56 Å². The van der Waals surface area contributed by atoms with Gasteiger partial charge in [-0.25, -0.2) is 0 Å². The SMILES string of the molecule is COc1cc(/N=N/c2ccc([NH])c3ccc(S(=O)(=O)O)cc23)c(C)cc1/N=N/c1cc(S(=O)(=O)O)ccc1S(=O)(=O)O. The fourth-order valence-corrected chi connectivity index (χ4v) is 5.35. The first-order valence-corrected chi connectivity index (χ1v) is 15.7. The van der Waals surface area contributed by atoms with Crippen molar-refractivity contribution in [3.05, 3.63) is 66.2 Å². The lowest BCUT2D eigenvalue weighted by atomic mass is 10.1. The Morgan fingerprint density at radius 3 is 1.81 bits per heavy atom. The monoisotopic (exact) mass is 634 g/mol. The van der Waals surface area contributed by atoms with E-state index >= 15 is 0 Å². The molecular formula is C24H20N5O10S3. The summed E-state index contributed by atoms with van der Waals surface area (Å²) in [5.41, 5.74) is 8.58. The topological polar surface area (TPSA) is 246 Å². The highest BCUT2D eigenvalue weighted by atomic mass is 32.2. The fraction of sp³-hybridized carbons (Fsp3) is 0.0833. The predicted molar refractivity (Wildman–Crippen MR) is 149 cm³/mol. The van der Waals surface area contributed by atoms with Crippen LogP contribution in [-0.2, 0) is 30.4 Å². The molecule has 0 bridgehead atoms. The Hall–Kier alpha value is -4.33. The summed E-state index contributed by atoms with van der Waals surface area (Å²) in [5.74, 6) is 0.0812. The first kappa shape index (κ1) is 30.6. The lowest BCUT2D eigenvalue weighted by Crippen LogP contribution is -2.02. The molecule has 4 rings (SSSR count). The molecular weight excluding hydrogens is 614 g/mol. The summed E-state index contributed by atoms with van der Waals surface area (Å²) in [7, 11) is -12.8. The van der Waals surface area contributed by atoms with Crippen molar-refractivity contribution in [2.24, 2.45) is 20.5 Å². The molecule has 4 N–H and O–H groups in total. The molecule has 0 aliphatic heterocycles. The number of aryl methyl sites for hydroxylation is 1. The molecule has 1 radical (unpaired) electrons. The number of fused-ring (bicyclic) bond motifs is 1. The minimum Gasteiger partial charge on any atom is -0.494 e. The smallest absolute Gasteiger partial charge is 0.296 e. The number of methoxy groups -OCH3 is 1. The molecule has 42 heavy (non-hydrogen) atoms. The molecule has 0 aliphatic carbocycles. The third-order valence-corrected chi connectivity index (χ3v) is 8.40. The number of rotatable bonds is 8. The van der Waals surface area contributed by atoms with Crippen LogP contribution in [0.3, 0.4) is 0 Å². The molecule has 0 saturated carbocycles. The Morgan fingerprint density at radius 1 is 0.619 bits per heavy atom. The summed E-state index contributed by atoms with van der Waals surface area (Å²) in [6, 6.07) is 11.7. The summed E-state index contributed by atoms with van der Waals surface area (Å²) < 4.78 is 103. The Morgan fingerprint density at radius 2 is 1.19 bits per heavy atom. The van der Waals surface area contributed by atoms with Crippen LogP contribution < -0.4 is 10.5 Å². The molecule has 0 amide bonds. The number of ether oxygens (including phenoxy) is 1. The van der Waals surface area contributed by atoms with Gasteiger partial charge in [0.1, 0.15) is 22.0 Å². The van der Waals surface area contributed by atoms with Gasteiger partial charge in [0, 0.05) is 16.8 Å². The number of nitrogens with one attached hydrogen (secondary N) is 1. The van der Waals surface area contributed by atoms with Crippen molar-refractivity contribution < 1.29 is 43.6 Å². The van der Waals surface area contributed by atoms with Gasteiger partial charge in [0.15, 0.2) is 0 Å². The van der Waals surface area contributed by atoms with Crippen molar-refractivity contribution in [2.75, 3.05) is 7.11 Å². The van der Waals surface area contributed by atoms with E-state index in [1.807, 2.05) is 0 Å². The summed E-state index contributed by atoms with van der Waals surface area (Å²) >= 11 is 0. The van der Waals surface area contributed by atoms with E-state index in [9.17, 15) is 38.9 Å². The van der Waals surface area contributed by atoms with E-state index in [4.69, 9.17) is 10.5 Å². The molecule has 0 aromatic heterocycles. The minimum absolute atomic E-state index is 0.0503. The molecule has 15 nitrogen and oxygen atoms in total. The molecule has 4 aromatic carbocycles. The molecule has 0 heterocycles. The number of hydrogen-bond acceptors (Lipinski definition) is 11.